The molecule has 0 heterocycles. The Morgan fingerprint density at radius 2 is 1.83 bits per heavy atom. The minimum absolute atomic E-state index is 0.0784. The third-order valence-corrected chi connectivity index (χ3v) is 4.83. The largest absolute Gasteiger partial charge is 0.449 e. The van der Waals surface area contributed by atoms with Gasteiger partial charge in [-0.2, -0.15) is 0 Å². The molecule has 2 N–H and O–H groups in total. The van der Waals surface area contributed by atoms with E-state index in [1.54, 1.807) is 6.07 Å². The van der Waals surface area contributed by atoms with Crippen molar-refractivity contribution in [2.75, 3.05) is 18.1 Å². The zero-order chi connectivity index (χ0) is 22.4. The van der Waals surface area contributed by atoms with Crippen LogP contribution in [0.1, 0.15) is 17.3 Å². The summed E-state index contributed by atoms with van der Waals surface area (Å²) in [6.45, 7) is 0.661. The smallest absolute Gasteiger partial charge is 0.340 e. The monoisotopic (exact) mass is 460 g/mol. The number of benzene rings is 2. The van der Waals surface area contributed by atoms with Crippen molar-refractivity contribution in [2.24, 2.45) is 0 Å². The normalized spacial score (nSPS) is 11.5. The Morgan fingerprint density at radius 1 is 1.13 bits per heavy atom. The van der Waals surface area contributed by atoms with Crippen LogP contribution < -0.4 is 10.6 Å². The molecule has 11 heteroatoms. The Labute approximate surface area is 179 Å². The predicted molar refractivity (Wildman–Crippen MR) is 106 cm³/mol. The lowest BCUT2D eigenvalue weighted by Gasteiger charge is -2.14. The number of ether oxygens (including phenoxy) is 1. The molecule has 1 unspecified atom stereocenters. The number of nitrogens with one attached hydrogen (secondary N) is 2. The first-order valence-electron chi connectivity index (χ1n) is 8.39. The summed E-state index contributed by atoms with van der Waals surface area (Å²) in [6, 6.07) is 6.24. The van der Waals surface area contributed by atoms with Gasteiger partial charge in [-0.15, -0.1) is 11.8 Å². The van der Waals surface area contributed by atoms with Crippen molar-refractivity contribution in [3.8, 4) is 0 Å². The first kappa shape index (κ1) is 23.6. The van der Waals surface area contributed by atoms with E-state index < -0.39 is 53.6 Å². The molecular weight excluding hydrogens is 445 g/mol. The highest BCUT2D eigenvalue weighted by Gasteiger charge is 2.22. The molecule has 30 heavy (non-hydrogen) atoms. The van der Waals surface area contributed by atoms with Crippen LogP contribution in [0.3, 0.4) is 0 Å². The van der Waals surface area contributed by atoms with Crippen LogP contribution in [0, 0.1) is 17.5 Å². The fraction of sp³-hybridized carbons (Fsp3) is 0.211. The molecule has 160 valence electrons. The van der Waals surface area contributed by atoms with Gasteiger partial charge in [-0.1, -0.05) is 11.6 Å². The second kappa shape index (κ2) is 10.4. The van der Waals surface area contributed by atoms with Crippen LogP contribution in [0.25, 0.3) is 0 Å². The number of rotatable bonds is 7. The van der Waals surface area contributed by atoms with Crippen molar-refractivity contribution in [3.63, 3.8) is 0 Å². The van der Waals surface area contributed by atoms with E-state index in [-0.39, 0.29) is 10.6 Å². The fourth-order valence-electron chi connectivity index (χ4n) is 2.19. The number of halogens is 4. The lowest BCUT2D eigenvalue weighted by Crippen LogP contribution is -2.40. The van der Waals surface area contributed by atoms with Gasteiger partial charge in [-0.25, -0.2) is 18.0 Å². The summed E-state index contributed by atoms with van der Waals surface area (Å²) in [4.78, 5) is 36.9. The highest BCUT2D eigenvalue weighted by molar-refractivity contribution is 7.98. The third-order valence-electron chi connectivity index (χ3n) is 3.78. The van der Waals surface area contributed by atoms with Gasteiger partial charge in [0.05, 0.1) is 22.8 Å². The van der Waals surface area contributed by atoms with Gasteiger partial charge in [0.2, 0.25) is 5.91 Å². The molecule has 0 saturated heterocycles. The van der Waals surface area contributed by atoms with Gasteiger partial charge in [0.1, 0.15) is 0 Å². The number of hydrogen-bond acceptors (Lipinski definition) is 5. The highest BCUT2D eigenvalue weighted by Crippen LogP contribution is 2.24. The summed E-state index contributed by atoms with van der Waals surface area (Å²) in [5, 5.41) is 4.33. The van der Waals surface area contributed by atoms with Crippen molar-refractivity contribution >= 4 is 46.8 Å². The Kier molecular flexibility index (Phi) is 8.13. The highest BCUT2D eigenvalue weighted by atomic mass is 35.5. The van der Waals surface area contributed by atoms with Crippen molar-refractivity contribution in [2.45, 2.75) is 17.9 Å². The molecule has 2 aromatic carbocycles. The second-order valence-electron chi connectivity index (χ2n) is 5.88. The molecule has 0 radical (unpaired) electrons. The number of hydrogen-bond donors (Lipinski definition) is 2. The van der Waals surface area contributed by atoms with Crippen LogP contribution in [0.4, 0.5) is 18.9 Å². The fourth-order valence-corrected chi connectivity index (χ4v) is 2.83. The second-order valence-corrected chi connectivity index (χ2v) is 7.17. The molecule has 0 bridgehead atoms. The van der Waals surface area contributed by atoms with Crippen molar-refractivity contribution < 1.29 is 32.3 Å². The van der Waals surface area contributed by atoms with Gasteiger partial charge in [0.25, 0.3) is 5.91 Å². The lowest BCUT2D eigenvalue weighted by atomic mass is 10.2. The van der Waals surface area contributed by atoms with E-state index in [1.165, 1.54) is 30.8 Å². The maximum atomic E-state index is 13.6. The zero-order valence-corrected chi connectivity index (χ0v) is 17.3. The Bertz CT molecular complexity index is 990. The molecule has 0 aliphatic carbocycles. The molecule has 0 aliphatic heterocycles. The predicted octanol–water partition coefficient (Wildman–Crippen LogP) is 3.78. The summed E-state index contributed by atoms with van der Waals surface area (Å²) in [6.07, 6.45) is 0.547. The minimum atomic E-state index is -1.73. The average molecular weight is 461 g/mol. The molecule has 0 aromatic heterocycles. The van der Waals surface area contributed by atoms with Crippen LogP contribution >= 0.6 is 23.4 Å². The number of esters is 1. The first-order valence-corrected chi connectivity index (χ1v) is 10.00. The van der Waals surface area contributed by atoms with Gasteiger partial charge >= 0.3 is 5.97 Å². The number of carbonyl (C=O) groups is 3. The van der Waals surface area contributed by atoms with Crippen LogP contribution in [0.2, 0.25) is 5.02 Å². The van der Waals surface area contributed by atoms with Gasteiger partial charge in [0, 0.05) is 4.90 Å². The van der Waals surface area contributed by atoms with Crippen LogP contribution in [-0.2, 0) is 14.3 Å². The molecular formula is C19H16ClF3N2O4S. The third kappa shape index (κ3) is 5.90. The van der Waals surface area contributed by atoms with Gasteiger partial charge in [0.15, 0.2) is 23.6 Å². The molecule has 2 aromatic rings. The summed E-state index contributed by atoms with van der Waals surface area (Å²) in [7, 11) is 0. The molecule has 6 nitrogen and oxygen atoms in total. The van der Waals surface area contributed by atoms with Crippen molar-refractivity contribution in [3.05, 3.63) is 58.4 Å². The Morgan fingerprint density at radius 3 is 2.50 bits per heavy atom. The minimum Gasteiger partial charge on any atom is -0.449 e. The number of anilines is 1. The van der Waals surface area contributed by atoms with Crippen LogP contribution in [0.15, 0.2) is 35.2 Å². The van der Waals surface area contributed by atoms with E-state index in [9.17, 15) is 27.6 Å². The van der Waals surface area contributed by atoms with Gasteiger partial charge < -0.3 is 15.4 Å². The van der Waals surface area contributed by atoms with Crippen LogP contribution in [0.5, 0.6) is 0 Å². The molecule has 2 amide bonds. The summed E-state index contributed by atoms with van der Waals surface area (Å²) >= 11 is 7.37. The number of thioether (sulfide) groups is 1. The summed E-state index contributed by atoms with van der Waals surface area (Å²) in [5.41, 5.74) is -0.509. The summed E-state index contributed by atoms with van der Waals surface area (Å²) < 4.78 is 44.7. The molecule has 1 atom stereocenters. The lowest BCUT2D eigenvalue weighted by molar-refractivity contribution is -0.130. The number of amides is 2. The quantitative estimate of drug-likeness (QED) is 0.373. The zero-order valence-electron chi connectivity index (χ0n) is 15.7. The maximum Gasteiger partial charge on any atom is 0.340 e. The van der Waals surface area contributed by atoms with E-state index in [0.29, 0.717) is 6.07 Å². The van der Waals surface area contributed by atoms with E-state index in [4.69, 9.17) is 16.3 Å². The first-order chi connectivity index (χ1) is 14.1. The van der Waals surface area contributed by atoms with E-state index in [1.807, 2.05) is 11.6 Å². The topological polar surface area (TPSA) is 84.5 Å². The molecule has 0 aliphatic rings. The van der Waals surface area contributed by atoms with Crippen molar-refractivity contribution in [1.82, 2.24) is 5.32 Å². The average Bonchev–Trinajstić information content (AvgIpc) is 2.72. The molecule has 0 fully saturated rings. The summed E-state index contributed by atoms with van der Waals surface area (Å²) in [5.74, 6) is -7.24. The maximum absolute atomic E-state index is 13.6. The molecule has 0 spiro atoms. The van der Waals surface area contributed by atoms with E-state index in [0.717, 1.165) is 11.0 Å². The van der Waals surface area contributed by atoms with Crippen LogP contribution in [-0.4, -0.2) is 36.7 Å². The molecule has 2 rings (SSSR count). The van der Waals surface area contributed by atoms with Crippen molar-refractivity contribution in [1.29, 1.82) is 0 Å². The molecule has 0 saturated carbocycles. The van der Waals surface area contributed by atoms with Gasteiger partial charge in [-0.05, 0) is 43.5 Å². The Hall–Kier alpha value is -2.72. The SMILES string of the molecule is CSc1ccc(Cl)c(C(=O)OC(C)C(=O)NCC(=O)Nc2ccc(F)c(F)c2F)c1. The Balaban J connectivity index is 1.91. The van der Waals surface area contributed by atoms with E-state index >= 15 is 0 Å². The standard InChI is InChI=1S/C19H16ClF3N2O4S/c1-9(29-19(28)11-7-10(30-2)3-4-12(11)20)18(27)24-8-15(26)25-14-6-5-13(21)16(22)17(14)23/h3-7,9H,8H2,1-2H3,(H,24,27)(H,25,26). The van der Waals surface area contributed by atoms with E-state index in [2.05, 4.69) is 5.32 Å². The van der Waals surface area contributed by atoms with Gasteiger partial charge in [-0.3, -0.25) is 9.59 Å². The number of carbonyl (C=O) groups excluding carboxylic acids is 3.